The molecule has 0 fully saturated rings. The van der Waals surface area contributed by atoms with Gasteiger partial charge in [-0.05, 0) is 48.6 Å². The van der Waals surface area contributed by atoms with E-state index in [1.54, 1.807) is 0 Å². The SMILES string of the molecule is Fc1c(F)c(F)c(/C2=C3\C=CC(=N3)/C(c3c(F)c(F)c(F)c(F)c3F)=C3\C=CC(N3)/C(c3c(F)c(F)c(F)c(F)c3F)=c3/ccc4c(-c5c(F)c(F)c(F)c(F)c5F)c5c(n34)=C/C(=C(/c3c(F)c(F)c(F)c(F)c3F)c3ccc2[nH]3)N=5)c(F)c1F. The summed E-state index contributed by atoms with van der Waals surface area (Å²) in [5.74, 6) is -69.2. The Balaban J connectivity index is 1.35. The van der Waals surface area contributed by atoms with E-state index in [1.165, 1.54) is 0 Å². The van der Waals surface area contributed by atoms with Crippen molar-refractivity contribution in [3.63, 3.8) is 0 Å². The summed E-state index contributed by atoms with van der Waals surface area (Å²) in [5.41, 5.74) is -25.4. The van der Waals surface area contributed by atoms with E-state index in [2.05, 4.69) is 20.3 Å². The molecule has 5 nitrogen and oxygen atoms in total. The first-order valence-corrected chi connectivity index (χ1v) is 23.1. The summed E-state index contributed by atoms with van der Waals surface area (Å²) >= 11 is 0. The number of hydrogen-bond acceptors (Lipinski definition) is 3. The number of halogens is 25. The van der Waals surface area contributed by atoms with Crippen molar-refractivity contribution < 1.29 is 110 Å². The zero-order chi connectivity index (χ0) is 61.3. The van der Waals surface area contributed by atoms with E-state index in [1.807, 2.05) is 0 Å². The molecule has 7 heterocycles. The molecule has 1 atom stereocenters. The van der Waals surface area contributed by atoms with E-state index in [-0.39, 0.29) is 0 Å². The second-order valence-electron chi connectivity index (χ2n) is 18.3. The molecule has 5 aromatic carbocycles. The molecule has 0 radical (unpaired) electrons. The van der Waals surface area contributed by atoms with E-state index in [9.17, 15) is 22.0 Å². The first-order valence-electron chi connectivity index (χ1n) is 23.1. The predicted octanol–water partition coefficient (Wildman–Crippen LogP) is 12.9. The van der Waals surface area contributed by atoms with Gasteiger partial charge in [0.2, 0.25) is 29.1 Å². The van der Waals surface area contributed by atoms with Crippen LogP contribution in [0.3, 0.4) is 0 Å². The van der Waals surface area contributed by atoms with Crippen LogP contribution in [0.25, 0.3) is 45.0 Å². The van der Waals surface area contributed by atoms with E-state index in [4.69, 9.17) is 0 Å². The van der Waals surface area contributed by atoms with Crippen LogP contribution < -0.4 is 21.4 Å². The Labute approximate surface area is 451 Å². The molecule has 0 spiro atoms. The fourth-order valence-corrected chi connectivity index (χ4v) is 10.3. The van der Waals surface area contributed by atoms with Crippen LogP contribution in [0.15, 0.2) is 75.6 Å². The van der Waals surface area contributed by atoms with Crippen LogP contribution in [0.5, 0.6) is 0 Å². The number of aromatic amines is 1. The third kappa shape index (κ3) is 7.57. The second-order valence-corrected chi connectivity index (χ2v) is 18.3. The van der Waals surface area contributed by atoms with Crippen LogP contribution >= 0.6 is 0 Å². The third-order valence-electron chi connectivity index (χ3n) is 13.9. The van der Waals surface area contributed by atoms with Crippen LogP contribution in [-0.4, -0.2) is 21.1 Å². The first-order chi connectivity index (χ1) is 40.1. The van der Waals surface area contributed by atoms with Crippen molar-refractivity contribution in [2.75, 3.05) is 0 Å². The topological polar surface area (TPSA) is 57.0 Å². The summed E-state index contributed by atoms with van der Waals surface area (Å²) < 4.78 is 390. The molecule has 85 heavy (non-hydrogen) atoms. The second kappa shape index (κ2) is 19.1. The number of nitrogens with zero attached hydrogens (tertiary/aromatic N) is 3. The molecular formula is C55H12F25N5. The van der Waals surface area contributed by atoms with Crippen molar-refractivity contribution in [1.82, 2.24) is 14.7 Å². The summed E-state index contributed by atoms with van der Waals surface area (Å²) in [6.07, 6.45) is 2.55. The minimum atomic E-state index is -2.86. The Morgan fingerprint density at radius 1 is 0.341 bits per heavy atom. The average molecular weight is 1220 g/mol. The van der Waals surface area contributed by atoms with Crippen molar-refractivity contribution in [3.8, 4) is 11.1 Å². The number of rotatable bonds is 5. The lowest BCUT2D eigenvalue weighted by Gasteiger charge is -2.20. The van der Waals surface area contributed by atoms with Crippen LogP contribution in [0.4, 0.5) is 110 Å². The zero-order valence-corrected chi connectivity index (χ0v) is 40.1. The van der Waals surface area contributed by atoms with Crippen molar-refractivity contribution in [2.24, 2.45) is 9.98 Å². The number of H-pyrrole nitrogens is 1. The van der Waals surface area contributed by atoms with Gasteiger partial charge in [0, 0.05) is 44.9 Å². The quantitative estimate of drug-likeness (QED) is 0.101. The van der Waals surface area contributed by atoms with Crippen LogP contribution in [0.1, 0.15) is 33.6 Å². The number of nitrogens with one attached hydrogen (secondary N) is 2. The number of aromatic nitrogens is 2. The molecular weight excluding hydrogens is 1210 g/mol. The molecule has 4 aliphatic rings. The maximum absolute atomic E-state index is 16.5. The van der Waals surface area contributed by atoms with Gasteiger partial charge in [0.05, 0.1) is 72.5 Å². The average Bonchev–Trinajstić information content (AvgIpc) is 2.59. The molecule has 12 rings (SSSR count). The van der Waals surface area contributed by atoms with Crippen molar-refractivity contribution in [2.45, 2.75) is 6.04 Å². The molecule has 3 aromatic heterocycles. The highest BCUT2D eigenvalue weighted by molar-refractivity contribution is 6.32. The Hall–Kier alpha value is -9.77. The number of benzene rings is 5. The summed E-state index contributed by atoms with van der Waals surface area (Å²) in [7, 11) is 0. The number of fused-ring (bicyclic) bond motifs is 6. The minimum absolute atomic E-state index is 0.411. The highest BCUT2D eigenvalue weighted by atomic mass is 19.2. The molecule has 0 saturated carbocycles. The standard InChI is InChI=1S/C55H12F25N5/c56-30-25(31(57)41(67)50(76)40(30)66)20-10-1-2-11(81-10)21(26-32(58)42(68)51(77)43(69)33(26)59)13-5-6-15(83-13)23(28-36(62)46(72)53(79)47(73)37(28)63)17-7-8-18-24(29-38(64)48(74)54(80)49(75)39(29)65)55-19(85(17)18)9-16(84-55)22(14-4-3-12(20)82-14)27-34(60)44(70)52(78)45(71)35(27)61/h1-9,15,82-83H/b20-10+,21-13-,22-16-,23-17+. The fourth-order valence-electron chi connectivity index (χ4n) is 10.3. The Bertz CT molecular complexity index is 4780. The molecule has 30 heteroatoms. The van der Waals surface area contributed by atoms with Gasteiger partial charge in [0.25, 0.3) is 0 Å². The van der Waals surface area contributed by atoms with Gasteiger partial charge < -0.3 is 14.7 Å². The molecule has 4 aliphatic heterocycles. The van der Waals surface area contributed by atoms with Gasteiger partial charge in [-0.1, -0.05) is 6.08 Å². The largest absolute Gasteiger partial charge is 0.374 e. The maximum Gasteiger partial charge on any atom is 0.200 e. The molecule has 0 saturated heterocycles. The van der Waals surface area contributed by atoms with Gasteiger partial charge in [-0.25, -0.2) is 120 Å². The Morgan fingerprint density at radius 3 is 1.15 bits per heavy atom. The molecule has 0 amide bonds. The summed E-state index contributed by atoms with van der Waals surface area (Å²) in [5, 5.41) is -1.02. The lowest BCUT2D eigenvalue weighted by atomic mass is 9.96. The van der Waals surface area contributed by atoms with Crippen molar-refractivity contribution in [1.29, 1.82) is 0 Å². The molecule has 0 aliphatic carbocycles. The van der Waals surface area contributed by atoms with Gasteiger partial charge in [-0.2, -0.15) is 0 Å². The highest BCUT2D eigenvalue weighted by Crippen LogP contribution is 2.44. The normalized spacial score (nSPS) is 18.7. The van der Waals surface area contributed by atoms with Gasteiger partial charge >= 0.3 is 0 Å². The monoisotopic (exact) mass is 1220 g/mol. The summed E-state index contributed by atoms with van der Waals surface area (Å²) in [6, 6.07) is -0.232. The zero-order valence-electron chi connectivity index (χ0n) is 40.1. The lowest BCUT2D eigenvalue weighted by molar-refractivity contribution is 0.375. The van der Waals surface area contributed by atoms with Crippen LogP contribution in [-0.2, 0) is 0 Å². The predicted molar refractivity (Wildman–Crippen MR) is 243 cm³/mol. The Morgan fingerprint density at radius 2 is 0.718 bits per heavy atom. The summed E-state index contributed by atoms with van der Waals surface area (Å²) in [6.45, 7) is 0. The highest BCUT2D eigenvalue weighted by Gasteiger charge is 2.40. The summed E-state index contributed by atoms with van der Waals surface area (Å²) in [4.78, 5) is 10.1. The molecule has 2 N–H and O–H groups in total. The first kappa shape index (κ1) is 55.7. The Kier molecular flexibility index (Phi) is 12.6. The van der Waals surface area contributed by atoms with Gasteiger partial charge in [0.15, 0.2) is 116 Å². The van der Waals surface area contributed by atoms with Crippen molar-refractivity contribution >= 4 is 39.6 Å². The van der Waals surface area contributed by atoms with Gasteiger partial charge in [0.1, 0.15) is 0 Å². The fraction of sp³-hybridized carbons (Fsp3) is 0.0182. The smallest absolute Gasteiger partial charge is 0.200 e. The van der Waals surface area contributed by atoms with E-state index in [0.717, 1.165) is 0 Å². The number of hydrogen-bond donors (Lipinski definition) is 2. The van der Waals surface area contributed by atoms with E-state index < -0.39 is 263 Å². The molecule has 8 aromatic rings. The van der Waals surface area contributed by atoms with E-state index in [0.29, 0.717) is 59.0 Å². The van der Waals surface area contributed by atoms with E-state index >= 15 is 87.8 Å². The van der Waals surface area contributed by atoms with Gasteiger partial charge in [-0.3, -0.25) is 0 Å². The van der Waals surface area contributed by atoms with Gasteiger partial charge in [-0.15, -0.1) is 0 Å². The molecule has 1 unspecified atom stereocenters. The number of allylic oxidation sites excluding steroid dienone is 5. The van der Waals surface area contributed by atoms with Crippen LogP contribution in [0, 0.1) is 145 Å². The minimum Gasteiger partial charge on any atom is -0.374 e. The lowest BCUT2D eigenvalue weighted by Crippen LogP contribution is -2.36. The number of aliphatic imine (C=N–C) groups is 1. The third-order valence-corrected chi connectivity index (χ3v) is 13.9. The molecule has 8 bridgehead atoms. The maximum atomic E-state index is 16.5. The van der Waals surface area contributed by atoms with Crippen LogP contribution in [0.2, 0.25) is 0 Å². The molecule has 432 valence electrons. The van der Waals surface area contributed by atoms with Crippen molar-refractivity contribution in [3.05, 3.63) is 261 Å².